The summed E-state index contributed by atoms with van der Waals surface area (Å²) in [6.45, 7) is 0.943. The van der Waals surface area contributed by atoms with Gasteiger partial charge in [0.25, 0.3) is 0 Å². The van der Waals surface area contributed by atoms with Crippen molar-refractivity contribution in [1.82, 2.24) is 5.32 Å². The van der Waals surface area contributed by atoms with Gasteiger partial charge in [0.15, 0.2) is 0 Å². The minimum atomic E-state index is -0.371. The number of ether oxygens (including phenoxy) is 2. The van der Waals surface area contributed by atoms with Crippen LogP contribution in [0.5, 0.6) is 5.75 Å². The Morgan fingerprint density at radius 2 is 1.82 bits per heavy atom. The fourth-order valence-corrected chi connectivity index (χ4v) is 2.39. The van der Waals surface area contributed by atoms with E-state index in [1.807, 2.05) is 54.6 Å². The van der Waals surface area contributed by atoms with E-state index in [1.165, 1.54) is 0 Å². The highest BCUT2D eigenvalue weighted by molar-refractivity contribution is 5.85. The molecular weight excluding hydrogens is 302 g/mol. The quantitative estimate of drug-likeness (QED) is 0.931. The normalized spacial score (nSPS) is 16.9. The van der Waals surface area contributed by atoms with Crippen LogP contribution in [0.25, 0.3) is 0 Å². The number of halogens is 1. The SMILES string of the molecule is Cl.O=C1N[C@@H](c2ccccc2OCc2ccccc2)CCO1. The molecule has 0 saturated carbocycles. The third-order valence-corrected chi connectivity index (χ3v) is 3.46. The second-order valence-electron chi connectivity index (χ2n) is 4.93. The summed E-state index contributed by atoms with van der Waals surface area (Å²) in [4.78, 5) is 11.4. The van der Waals surface area contributed by atoms with Gasteiger partial charge in [-0.15, -0.1) is 12.4 Å². The van der Waals surface area contributed by atoms with Crippen molar-refractivity contribution >= 4 is 18.5 Å². The van der Waals surface area contributed by atoms with Crippen LogP contribution in [0.2, 0.25) is 0 Å². The van der Waals surface area contributed by atoms with Crippen LogP contribution in [0.1, 0.15) is 23.6 Å². The van der Waals surface area contributed by atoms with Crippen LogP contribution in [0.4, 0.5) is 4.79 Å². The van der Waals surface area contributed by atoms with E-state index in [-0.39, 0.29) is 24.5 Å². The van der Waals surface area contributed by atoms with E-state index in [1.54, 1.807) is 0 Å². The summed E-state index contributed by atoms with van der Waals surface area (Å²) in [5.41, 5.74) is 2.10. The summed E-state index contributed by atoms with van der Waals surface area (Å²) in [5, 5.41) is 2.83. The number of amides is 1. The molecule has 1 fully saturated rings. The van der Waals surface area contributed by atoms with Crippen molar-refractivity contribution in [2.45, 2.75) is 19.1 Å². The zero-order valence-corrected chi connectivity index (χ0v) is 12.8. The number of carbonyl (C=O) groups excluding carboxylic acids is 1. The van der Waals surface area contributed by atoms with Gasteiger partial charge >= 0.3 is 6.09 Å². The van der Waals surface area contributed by atoms with E-state index >= 15 is 0 Å². The molecule has 1 saturated heterocycles. The fourth-order valence-electron chi connectivity index (χ4n) is 2.39. The van der Waals surface area contributed by atoms with Gasteiger partial charge in [-0.05, 0) is 11.6 Å². The summed E-state index contributed by atoms with van der Waals surface area (Å²) in [6.07, 6.45) is 0.376. The monoisotopic (exact) mass is 319 g/mol. The Balaban J connectivity index is 0.00000176. The molecule has 1 amide bonds. The summed E-state index contributed by atoms with van der Waals surface area (Å²) in [6, 6.07) is 17.8. The van der Waals surface area contributed by atoms with Gasteiger partial charge < -0.3 is 14.8 Å². The van der Waals surface area contributed by atoms with Gasteiger partial charge in [-0.1, -0.05) is 48.5 Å². The summed E-state index contributed by atoms with van der Waals surface area (Å²) < 4.78 is 10.8. The van der Waals surface area contributed by atoms with Crippen molar-refractivity contribution in [2.75, 3.05) is 6.61 Å². The summed E-state index contributed by atoms with van der Waals surface area (Å²) >= 11 is 0. The molecule has 0 spiro atoms. The topological polar surface area (TPSA) is 47.6 Å². The largest absolute Gasteiger partial charge is 0.489 e. The average Bonchev–Trinajstić information content (AvgIpc) is 2.54. The van der Waals surface area contributed by atoms with Crippen molar-refractivity contribution in [3.8, 4) is 5.75 Å². The van der Waals surface area contributed by atoms with Gasteiger partial charge in [0.05, 0.1) is 12.6 Å². The van der Waals surface area contributed by atoms with Crippen molar-refractivity contribution in [1.29, 1.82) is 0 Å². The van der Waals surface area contributed by atoms with E-state index in [4.69, 9.17) is 9.47 Å². The van der Waals surface area contributed by atoms with E-state index in [2.05, 4.69) is 5.32 Å². The predicted octanol–water partition coefficient (Wildman–Crippen LogP) is 3.86. The smallest absolute Gasteiger partial charge is 0.407 e. The molecule has 5 heteroatoms. The number of benzene rings is 2. The first-order valence-corrected chi connectivity index (χ1v) is 7.02. The molecule has 116 valence electrons. The van der Waals surface area contributed by atoms with Crippen molar-refractivity contribution < 1.29 is 14.3 Å². The maximum atomic E-state index is 11.4. The molecule has 22 heavy (non-hydrogen) atoms. The molecule has 1 N–H and O–H groups in total. The van der Waals surface area contributed by atoms with E-state index in [9.17, 15) is 4.79 Å². The fraction of sp³-hybridized carbons (Fsp3) is 0.235. The highest BCUT2D eigenvalue weighted by Crippen LogP contribution is 2.29. The second-order valence-corrected chi connectivity index (χ2v) is 4.93. The number of carbonyl (C=O) groups is 1. The zero-order chi connectivity index (χ0) is 14.5. The van der Waals surface area contributed by atoms with Crippen LogP contribution in [-0.2, 0) is 11.3 Å². The first kappa shape index (κ1) is 16.2. The third kappa shape index (κ3) is 3.92. The molecule has 1 aliphatic heterocycles. The van der Waals surface area contributed by atoms with Gasteiger partial charge in [0, 0.05) is 12.0 Å². The Hall–Kier alpha value is -2.20. The van der Waals surface area contributed by atoms with Crippen LogP contribution >= 0.6 is 12.4 Å². The Labute approximate surface area is 135 Å². The van der Waals surface area contributed by atoms with Gasteiger partial charge in [-0.25, -0.2) is 4.79 Å². The van der Waals surface area contributed by atoms with Gasteiger partial charge in [-0.3, -0.25) is 0 Å². The molecule has 3 rings (SSSR count). The Bertz CT molecular complexity index is 618. The van der Waals surface area contributed by atoms with Crippen LogP contribution in [0, 0.1) is 0 Å². The standard InChI is InChI=1S/C17H17NO3.ClH/c19-17-18-15(10-11-20-17)14-8-4-5-9-16(14)21-12-13-6-2-1-3-7-13;/h1-9,15H,10-12H2,(H,18,19);1H/t15-;/m1./s1. The number of hydrogen-bond acceptors (Lipinski definition) is 3. The van der Waals surface area contributed by atoms with E-state index in [0.29, 0.717) is 13.2 Å². The maximum absolute atomic E-state index is 11.4. The molecule has 0 bridgehead atoms. The highest BCUT2D eigenvalue weighted by Gasteiger charge is 2.23. The summed E-state index contributed by atoms with van der Waals surface area (Å²) in [5.74, 6) is 0.800. The summed E-state index contributed by atoms with van der Waals surface area (Å²) in [7, 11) is 0. The number of hydrogen-bond donors (Lipinski definition) is 1. The Morgan fingerprint density at radius 3 is 2.59 bits per heavy atom. The lowest BCUT2D eigenvalue weighted by atomic mass is 10.0. The van der Waals surface area contributed by atoms with Crippen LogP contribution in [0.15, 0.2) is 54.6 Å². The molecule has 4 nitrogen and oxygen atoms in total. The third-order valence-electron chi connectivity index (χ3n) is 3.46. The van der Waals surface area contributed by atoms with Crippen LogP contribution in [-0.4, -0.2) is 12.7 Å². The first-order valence-electron chi connectivity index (χ1n) is 7.02. The van der Waals surface area contributed by atoms with E-state index < -0.39 is 0 Å². The van der Waals surface area contributed by atoms with Crippen LogP contribution < -0.4 is 10.1 Å². The molecule has 1 aliphatic rings. The van der Waals surface area contributed by atoms with Gasteiger partial charge in [0.1, 0.15) is 12.4 Å². The lowest BCUT2D eigenvalue weighted by Crippen LogP contribution is -2.35. The highest BCUT2D eigenvalue weighted by atomic mass is 35.5. The first-order chi connectivity index (χ1) is 10.3. The van der Waals surface area contributed by atoms with Gasteiger partial charge in [-0.2, -0.15) is 0 Å². The average molecular weight is 320 g/mol. The molecule has 0 unspecified atom stereocenters. The maximum Gasteiger partial charge on any atom is 0.407 e. The number of alkyl carbamates (subject to hydrolysis) is 1. The minimum Gasteiger partial charge on any atom is -0.489 e. The van der Waals surface area contributed by atoms with Crippen molar-refractivity contribution in [3.63, 3.8) is 0 Å². The minimum absolute atomic E-state index is 0. The van der Waals surface area contributed by atoms with Crippen molar-refractivity contribution in [2.24, 2.45) is 0 Å². The number of rotatable bonds is 4. The zero-order valence-electron chi connectivity index (χ0n) is 12.0. The molecule has 0 aromatic heterocycles. The number of para-hydroxylation sites is 1. The molecule has 1 atom stereocenters. The lowest BCUT2D eigenvalue weighted by molar-refractivity contribution is 0.115. The van der Waals surface area contributed by atoms with Crippen molar-refractivity contribution in [3.05, 3.63) is 65.7 Å². The molecular formula is C17H18ClNO3. The second kappa shape index (κ2) is 7.71. The molecule has 2 aromatic rings. The van der Waals surface area contributed by atoms with Crippen LogP contribution in [0.3, 0.4) is 0 Å². The molecule has 0 aliphatic carbocycles. The lowest BCUT2D eigenvalue weighted by Gasteiger charge is -2.25. The molecule has 1 heterocycles. The number of nitrogens with one attached hydrogen (secondary N) is 1. The molecule has 2 aromatic carbocycles. The van der Waals surface area contributed by atoms with Gasteiger partial charge in [0.2, 0.25) is 0 Å². The van der Waals surface area contributed by atoms with E-state index in [0.717, 1.165) is 23.3 Å². The molecule has 0 radical (unpaired) electrons. The number of cyclic esters (lactones) is 1. The Morgan fingerprint density at radius 1 is 1.09 bits per heavy atom. The Kier molecular flexibility index (Phi) is 5.67. The predicted molar refractivity (Wildman–Crippen MR) is 86.3 cm³/mol.